The summed E-state index contributed by atoms with van der Waals surface area (Å²) in [6.07, 6.45) is 1.86. The van der Waals surface area contributed by atoms with Crippen LogP contribution < -0.4 is 0 Å². The summed E-state index contributed by atoms with van der Waals surface area (Å²) < 4.78 is 0. The Labute approximate surface area is 70.8 Å². The number of benzene rings is 1. The van der Waals surface area contributed by atoms with Crippen molar-refractivity contribution in [2.75, 3.05) is 0 Å². The van der Waals surface area contributed by atoms with Gasteiger partial charge in [0.2, 0.25) is 0 Å². The lowest BCUT2D eigenvalue weighted by atomic mass is 10.1. The Hall–Kier alpha value is -1.28. The molecule has 12 heavy (non-hydrogen) atoms. The van der Waals surface area contributed by atoms with Crippen molar-refractivity contribution in [2.45, 2.75) is 13.5 Å². The second-order valence-corrected chi connectivity index (χ2v) is 2.97. The van der Waals surface area contributed by atoms with Gasteiger partial charge in [-0.25, -0.2) is 0 Å². The average Bonchev–Trinajstić information content (AvgIpc) is 2.49. The number of hydrogen-bond donors (Lipinski definition) is 2. The fourth-order valence-electron chi connectivity index (χ4n) is 1.58. The van der Waals surface area contributed by atoms with E-state index in [2.05, 4.69) is 18.0 Å². The van der Waals surface area contributed by atoms with Gasteiger partial charge >= 0.3 is 0 Å². The molecule has 1 aromatic carbocycles. The van der Waals surface area contributed by atoms with Gasteiger partial charge in [-0.05, 0) is 18.6 Å². The molecule has 1 heterocycles. The van der Waals surface area contributed by atoms with Gasteiger partial charge in [0.25, 0.3) is 0 Å². The number of nitrogens with one attached hydrogen (secondary N) is 1. The summed E-state index contributed by atoms with van der Waals surface area (Å²) in [5.74, 6) is 0. The third-order valence-corrected chi connectivity index (χ3v) is 2.17. The van der Waals surface area contributed by atoms with Gasteiger partial charge < -0.3 is 10.1 Å². The highest BCUT2D eigenvalue weighted by Gasteiger charge is 2.03. The van der Waals surface area contributed by atoms with Gasteiger partial charge in [0.15, 0.2) is 0 Å². The Morgan fingerprint density at radius 3 is 3.00 bits per heavy atom. The number of aryl methyl sites for hydroxylation is 1. The van der Waals surface area contributed by atoms with Crippen molar-refractivity contribution in [3.63, 3.8) is 0 Å². The summed E-state index contributed by atoms with van der Waals surface area (Å²) in [5, 5.41) is 10.2. The summed E-state index contributed by atoms with van der Waals surface area (Å²) in [5.41, 5.74) is 3.28. The van der Waals surface area contributed by atoms with Gasteiger partial charge in [-0.2, -0.15) is 0 Å². The van der Waals surface area contributed by atoms with Crippen molar-refractivity contribution >= 4 is 10.9 Å². The Bertz CT molecular complexity index is 403. The summed E-state index contributed by atoms with van der Waals surface area (Å²) in [6.45, 7) is 2.15. The fraction of sp³-hybridized carbons (Fsp3) is 0.200. The zero-order chi connectivity index (χ0) is 8.55. The van der Waals surface area contributed by atoms with Crippen LogP contribution in [0.1, 0.15) is 11.1 Å². The second kappa shape index (κ2) is 2.64. The number of fused-ring (bicyclic) bond motifs is 1. The van der Waals surface area contributed by atoms with Gasteiger partial charge in [-0.3, -0.25) is 0 Å². The first kappa shape index (κ1) is 7.37. The minimum atomic E-state index is 0.102. The molecule has 62 valence electrons. The lowest BCUT2D eigenvalue weighted by Gasteiger charge is -1.97. The maximum Gasteiger partial charge on any atom is 0.0702 e. The SMILES string of the molecule is Cc1cccc2[nH]cc(CO)c12. The number of aromatic amines is 1. The minimum Gasteiger partial charge on any atom is -0.392 e. The molecule has 0 aliphatic heterocycles. The van der Waals surface area contributed by atoms with E-state index < -0.39 is 0 Å². The minimum absolute atomic E-state index is 0.102. The highest BCUT2D eigenvalue weighted by atomic mass is 16.3. The molecule has 0 bridgehead atoms. The first-order valence-electron chi connectivity index (χ1n) is 3.99. The third-order valence-electron chi connectivity index (χ3n) is 2.17. The number of aromatic nitrogens is 1. The van der Waals surface area contributed by atoms with Crippen LogP contribution in [-0.4, -0.2) is 10.1 Å². The van der Waals surface area contributed by atoms with Crippen molar-refractivity contribution in [2.24, 2.45) is 0 Å². The average molecular weight is 161 g/mol. The highest BCUT2D eigenvalue weighted by Crippen LogP contribution is 2.21. The van der Waals surface area contributed by atoms with Gasteiger partial charge in [-0.1, -0.05) is 12.1 Å². The number of aliphatic hydroxyl groups is 1. The van der Waals surface area contributed by atoms with Crippen molar-refractivity contribution < 1.29 is 5.11 Å². The lowest BCUT2D eigenvalue weighted by Crippen LogP contribution is -1.81. The van der Waals surface area contributed by atoms with Crippen LogP contribution >= 0.6 is 0 Å². The van der Waals surface area contributed by atoms with E-state index in [1.54, 1.807) is 0 Å². The molecule has 0 radical (unpaired) electrons. The molecule has 0 spiro atoms. The van der Waals surface area contributed by atoms with Crippen molar-refractivity contribution in [3.05, 3.63) is 35.5 Å². The van der Waals surface area contributed by atoms with E-state index in [0.29, 0.717) is 0 Å². The summed E-state index contributed by atoms with van der Waals surface area (Å²) in [6, 6.07) is 6.08. The van der Waals surface area contributed by atoms with E-state index in [-0.39, 0.29) is 6.61 Å². The Kier molecular flexibility index (Phi) is 1.62. The molecular weight excluding hydrogens is 150 g/mol. The zero-order valence-electron chi connectivity index (χ0n) is 6.96. The third kappa shape index (κ3) is 0.924. The molecule has 0 aliphatic carbocycles. The van der Waals surface area contributed by atoms with Gasteiger partial charge in [0.1, 0.15) is 0 Å². The largest absolute Gasteiger partial charge is 0.392 e. The smallest absolute Gasteiger partial charge is 0.0702 e. The van der Waals surface area contributed by atoms with Crippen LogP contribution in [0.25, 0.3) is 10.9 Å². The Balaban J connectivity index is 2.83. The molecule has 2 nitrogen and oxygen atoms in total. The zero-order valence-corrected chi connectivity index (χ0v) is 6.96. The first-order valence-corrected chi connectivity index (χ1v) is 3.99. The molecule has 0 atom stereocenters. The molecule has 0 saturated carbocycles. The molecule has 2 aromatic rings. The van der Waals surface area contributed by atoms with Gasteiger partial charge in [0, 0.05) is 22.7 Å². The molecule has 0 amide bonds. The van der Waals surface area contributed by atoms with Crippen molar-refractivity contribution in [1.82, 2.24) is 4.98 Å². The Morgan fingerprint density at radius 2 is 2.25 bits per heavy atom. The topological polar surface area (TPSA) is 36.0 Å². The number of hydrogen-bond acceptors (Lipinski definition) is 1. The maximum absolute atomic E-state index is 9.03. The lowest BCUT2D eigenvalue weighted by molar-refractivity contribution is 0.283. The molecular formula is C10H11NO. The Morgan fingerprint density at radius 1 is 1.42 bits per heavy atom. The van der Waals surface area contributed by atoms with Gasteiger partial charge in [0.05, 0.1) is 6.61 Å². The summed E-state index contributed by atoms with van der Waals surface area (Å²) >= 11 is 0. The molecule has 0 unspecified atom stereocenters. The van der Waals surface area contributed by atoms with Gasteiger partial charge in [-0.15, -0.1) is 0 Å². The molecule has 2 N–H and O–H groups in total. The van der Waals surface area contributed by atoms with Crippen LogP contribution in [0.5, 0.6) is 0 Å². The number of aliphatic hydroxyl groups excluding tert-OH is 1. The van der Waals surface area contributed by atoms with Crippen LogP contribution in [0, 0.1) is 6.92 Å². The number of H-pyrrole nitrogens is 1. The fourth-order valence-corrected chi connectivity index (χ4v) is 1.58. The number of rotatable bonds is 1. The molecule has 0 fully saturated rings. The molecule has 0 aliphatic rings. The second-order valence-electron chi connectivity index (χ2n) is 2.97. The van der Waals surface area contributed by atoms with Crippen molar-refractivity contribution in [1.29, 1.82) is 0 Å². The van der Waals surface area contributed by atoms with E-state index in [1.807, 2.05) is 18.3 Å². The standard InChI is InChI=1S/C10H11NO/c1-7-3-2-4-9-10(7)8(6-12)5-11-9/h2-5,11-12H,6H2,1H3. The summed E-state index contributed by atoms with van der Waals surface area (Å²) in [4.78, 5) is 3.12. The van der Waals surface area contributed by atoms with E-state index in [0.717, 1.165) is 16.5 Å². The molecule has 0 saturated heterocycles. The molecule has 2 rings (SSSR count). The first-order chi connectivity index (χ1) is 5.83. The normalized spacial score (nSPS) is 10.8. The van der Waals surface area contributed by atoms with E-state index in [9.17, 15) is 0 Å². The van der Waals surface area contributed by atoms with Crippen LogP contribution in [0.3, 0.4) is 0 Å². The van der Waals surface area contributed by atoms with E-state index in [4.69, 9.17) is 5.11 Å². The maximum atomic E-state index is 9.03. The van der Waals surface area contributed by atoms with Crippen LogP contribution in [0.4, 0.5) is 0 Å². The molecule has 2 heteroatoms. The monoisotopic (exact) mass is 161 g/mol. The van der Waals surface area contributed by atoms with E-state index >= 15 is 0 Å². The van der Waals surface area contributed by atoms with Crippen LogP contribution in [0.2, 0.25) is 0 Å². The van der Waals surface area contributed by atoms with E-state index in [1.165, 1.54) is 5.56 Å². The van der Waals surface area contributed by atoms with Crippen molar-refractivity contribution in [3.8, 4) is 0 Å². The predicted molar refractivity (Wildman–Crippen MR) is 49.0 cm³/mol. The predicted octanol–water partition coefficient (Wildman–Crippen LogP) is 1.97. The molecule has 1 aromatic heterocycles. The highest BCUT2D eigenvalue weighted by molar-refractivity contribution is 5.86. The van der Waals surface area contributed by atoms with Crippen LogP contribution in [0.15, 0.2) is 24.4 Å². The van der Waals surface area contributed by atoms with Crippen LogP contribution in [-0.2, 0) is 6.61 Å². The summed E-state index contributed by atoms with van der Waals surface area (Å²) in [7, 11) is 0. The quantitative estimate of drug-likeness (QED) is 0.659.